The van der Waals surface area contributed by atoms with Crippen LogP contribution in [0.1, 0.15) is 39.2 Å². The molecule has 120 valence electrons. The second-order valence-corrected chi connectivity index (χ2v) is 6.08. The van der Waals surface area contributed by atoms with E-state index >= 15 is 0 Å². The predicted octanol–water partition coefficient (Wildman–Crippen LogP) is 2.71. The third kappa shape index (κ3) is 3.57. The molecule has 0 aliphatic heterocycles. The van der Waals surface area contributed by atoms with Gasteiger partial charge in [-0.3, -0.25) is 4.68 Å². The smallest absolute Gasteiger partial charge is 0.0644 e. The summed E-state index contributed by atoms with van der Waals surface area (Å²) in [6, 6.07) is 4.47. The topological polar surface area (TPSA) is 50.1 Å². The molecule has 22 heavy (non-hydrogen) atoms. The van der Waals surface area contributed by atoms with Crippen LogP contribution in [0.15, 0.2) is 12.1 Å². The fourth-order valence-corrected chi connectivity index (χ4v) is 3.10. The second kappa shape index (κ2) is 7.07. The lowest BCUT2D eigenvalue weighted by molar-refractivity contribution is 0.267. The first kappa shape index (κ1) is 16.7. The van der Waals surface area contributed by atoms with Gasteiger partial charge in [0, 0.05) is 24.3 Å². The van der Waals surface area contributed by atoms with Gasteiger partial charge < -0.3 is 10.4 Å². The lowest BCUT2D eigenvalue weighted by Gasteiger charge is -2.12. The van der Waals surface area contributed by atoms with Gasteiger partial charge in [-0.15, -0.1) is 0 Å². The average Bonchev–Trinajstić information content (AvgIpc) is 2.69. The van der Waals surface area contributed by atoms with Gasteiger partial charge in [-0.25, -0.2) is 0 Å². The highest BCUT2D eigenvalue weighted by Crippen LogP contribution is 2.17. The molecule has 0 bridgehead atoms. The number of aromatic nitrogens is 2. The molecule has 1 aromatic heterocycles. The van der Waals surface area contributed by atoms with Crippen LogP contribution in [0.25, 0.3) is 0 Å². The number of nitrogens with one attached hydrogen (secondary N) is 1. The van der Waals surface area contributed by atoms with Crippen molar-refractivity contribution >= 4 is 0 Å². The van der Waals surface area contributed by atoms with Gasteiger partial charge in [0.05, 0.1) is 18.8 Å². The molecular weight excluding hydrogens is 274 g/mol. The van der Waals surface area contributed by atoms with Crippen molar-refractivity contribution < 1.29 is 5.11 Å². The molecule has 0 fully saturated rings. The zero-order valence-corrected chi connectivity index (χ0v) is 14.3. The first-order chi connectivity index (χ1) is 10.4. The van der Waals surface area contributed by atoms with Crippen LogP contribution in [0.2, 0.25) is 0 Å². The molecule has 0 atom stereocenters. The summed E-state index contributed by atoms with van der Waals surface area (Å²) in [4.78, 5) is 0. The number of aryl methyl sites for hydroxylation is 4. The predicted molar refractivity (Wildman–Crippen MR) is 90.0 cm³/mol. The van der Waals surface area contributed by atoms with Gasteiger partial charge in [-0.2, -0.15) is 5.10 Å². The Morgan fingerprint density at radius 2 is 1.59 bits per heavy atom. The summed E-state index contributed by atoms with van der Waals surface area (Å²) in [6.45, 7) is 12.9. The van der Waals surface area contributed by atoms with Crippen LogP contribution in [0.3, 0.4) is 0 Å². The standard InChI is InChI=1S/C18H27N3O/c1-12-8-13(2)17(14(3)9-12)10-19-11-18-15(4)20-21(6-7-22)16(18)5/h8-9,19,22H,6-7,10-11H2,1-5H3. The summed E-state index contributed by atoms with van der Waals surface area (Å²) >= 11 is 0. The van der Waals surface area contributed by atoms with E-state index in [-0.39, 0.29) is 6.61 Å². The number of aliphatic hydroxyl groups excluding tert-OH is 1. The summed E-state index contributed by atoms with van der Waals surface area (Å²) in [5.41, 5.74) is 8.78. The third-order valence-corrected chi connectivity index (χ3v) is 4.29. The van der Waals surface area contributed by atoms with Crippen molar-refractivity contribution in [2.75, 3.05) is 6.61 Å². The molecule has 0 amide bonds. The van der Waals surface area contributed by atoms with Gasteiger partial charge in [0.2, 0.25) is 0 Å². The molecule has 0 radical (unpaired) electrons. The summed E-state index contributed by atoms with van der Waals surface area (Å²) in [5, 5.41) is 17.1. The van der Waals surface area contributed by atoms with Crippen LogP contribution in [0.4, 0.5) is 0 Å². The quantitative estimate of drug-likeness (QED) is 0.862. The average molecular weight is 301 g/mol. The Balaban J connectivity index is 2.06. The van der Waals surface area contributed by atoms with E-state index in [0.717, 1.165) is 24.5 Å². The van der Waals surface area contributed by atoms with Crippen molar-refractivity contribution in [1.82, 2.24) is 15.1 Å². The Morgan fingerprint density at radius 1 is 1.00 bits per heavy atom. The van der Waals surface area contributed by atoms with Crippen LogP contribution < -0.4 is 5.32 Å². The lowest BCUT2D eigenvalue weighted by Crippen LogP contribution is -2.16. The Hall–Kier alpha value is -1.65. The maximum absolute atomic E-state index is 9.08. The fourth-order valence-electron chi connectivity index (χ4n) is 3.10. The van der Waals surface area contributed by atoms with E-state index in [2.05, 4.69) is 50.2 Å². The maximum Gasteiger partial charge on any atom is 0.0644 e. The van der Waals surface area contributed by atoms with Gasteiger partial charge in [0.1, 0.15) is 0 Å². The van der Waals surface area contributed by atoms with Gasteiger partial charge >= 0.3 is 0 Å². The summed E-state index contributed by atoms with van der Waals surface area (Å²) in [7, 11) is 0. The lowest BCUT2D eigenvalue weighted by atomic mass is 10.00. The first-order valence-corrected chi connectivity index (χ1v) is 7.85. The number of hydrogen-bond acceptors (Lipinski definition) is 3. The third-order valence-electron chi connectivity index (χ3n) is 4.29. The molecule has 2 aromatic rings. The molecule has 0 saturated heterocycles. The number of benzene rings is 1. The summed E-state index contributed by atoms with van der Waals surface area (Å²) in [6.07, 6.45) is 0. The van der Waals surface area contributed by atoms with E-state index in [9.17, 15) is 0 Å². The zero-order chi connectivity index (χ0) is 16.3. The SMILES string of the molecule is Cc1cc(C)c(CNCc2c(C)nn(CCO)c2C)c(C)c1. The fraction of sp³-hybridized carbons (Fsp3) is 0.500. The van der Waals surface area contributed by atoms with Gasteiger partial charge in [0.15, 0.2) is 0 Å². The highest BCUT2D eigenvalue weighted by atomic mass is 16.3. The van der Waals surface area contributed by atoms with Crippen LogP contribution >= 0.6 is 0 Å². The summed E-state index contributed by atoms with van der Waals surface area (Å²) < 4.78 is 1.88. The van der Waals surface area contributed by atoms with Crippen molar-refractivity contribution in [2.24, 2.45) is 0 Å². The first-order valence-electron chi connectivity index (χ1n) is 7.85. The van der Waals surface area contributed by atoms with E-state index in [4.69, 9.17) is 5.11 Å². The second-order valence-electron chi connectivity index (χ2n) is 6.08. The van der Waals surface area contributed by atoms with E-state index in [1.165, 1.54) is 27.8 Å². The molecule has 0 saturated carbocycles. The normalized spacial score (nSPS) is 11.2. The number of rotatable bonds is 6. The monoisotopic (exact) mass is 301 g/mol. The number of nitrogens with zero attached hydrogens (tertiary/aromatic N) is 2. The van der Waals surface area contributed by atoms with Crippen molar-refractivity contribution in [3.63, 3.8) is 0 Å². The Morgan fingerprint density at radius 3 is 2.18 bits per heavy atom. The molecule has 2 rings (SSSR count). The molecular formula is C18H27N3O. The number of aliphatic hydroxyl groups is 1. The van der Waals surface area contributed by atoms with Crippen LogP contribution in [0.5, 0.6) is 0 Å². The van der Waals surface area contributed by atoms with Crippen LogP contribution in [-0.4, -0.2) is 21.5 Å². The largest absolute Gasteiger partial charge is 0.394 e. The van der Waals surface area contributed by atoms with Crippen LogP contribution in [0, 0.1) is 34.6 Å². The molecule has 0 aliphatic rings. The van der Waals surface area contributed by atoms with Crippen LogP contribution in [-0.2, 0) is 19.6 Å². The zero-order valence-electron chi connectivity index (χ0n) is 14.3. The van der Waals surface area contributed by atoms with Crippen molar-refractivity contribution in [3.8, 4) is 0 Å². The molecule has 4 nitrogen and oxygen atoms in total. The highest BCUT2D eigenvalue weighted by molar-refractivity contribution is 5.37. The van der Waals surface area contributed by atoms with E-state index in [0.29, 0.717) is 6.54 Å². The molecule has 0 spiro atoms. The summed E-state index contributed by atoms with van der Waals surface area (Å²) in [5.74, 6) is 0. The Kier molecular flexibility index (Phi) is 5.37. The highest BCUT2D eigenvalue weighted by Gasteiger charge is 2.11. The Bertz CT molecular complexity index is 636. The van der Waals surface area contributed by atoms with E-state index in [1.54, 1.807) is 0 Å². The van der Waals surface area contributed by atoms with Gasteiger partial charge in [0.25, 0.3) is 0 Å². The molecule has 2 N–H and O–H groups in total. The molecule has 1 aromatic carbocycles. The molecule has 0 aliphatic carbocycles. The van der Waals surface area contributed by atoms with E-state index in [1.807, 2.05) is 11.6 Å². The van der Waals surface area contributed by atoms with Gasteiger partial charge in [-0.1, -0.05) is 17.7 Å². The minimum absolute atomic E-state index is 0.122. The van der Waals surface area contributed by atoms with Crippen molar-refractivity contribution in [1.29, 1.82) is 0 Å². The Labute approximate surface area is 133 Å². The molecule has 4 heteroatoms. The minimum Gasteiger partial charge on any atom is -0.394 e. The van der Waals surface area contributed by atoms with Crippen molar-refractivity contribution in [2.45, 2.75) is 54.3 Å². The minimum atomic E-state index is 0.122. The van der Waals surface area contributed by atoms with E-state index < -0.39 is 0 Å². The molecule has 0 unspecified atom stereocenters. The van der Waals surface area contributed by atoms with Gasteiger partial charge in [-0.05, 0) is 51.3 Å². The molecule has 1 heterocycles. The van der Waals surface area contributed by atoms with Crippen molar-refractivity contribution in [3.05, 3.63) is 51.3 Å². The number of hydrogen-bond donors (Lipinski definition) is 2. The maximum atomic E-state index is 9.08.